The fourth-order valence-corrected chi connectivity index (χ4v) is 5.21. The molecule has 150 valence electrons. The first-order valence-electron chi connectivity index (χ1n) is 10.7. The first-order valence-corrected chi connectivity index (χ1v) is 10.7. The van der Waals surface area contributed by atoms with Crippen LogP contribution >= 0.6 is 0 Å². The Labute approximate surface area is 169 Å². The molecule has 4 nitrogen and oxygen atoms in total. The van der Waals surface area contributed by atoms with E-state index in [4.69, 9.17) is 0 Å². The monoisotopic (exact) mass is 379 g/mol. The fraction of sp³-hybridized carbons (Fsp3) is 0.542. The largest absolute Gasteiger partial charge is 0.380 e. The summed E-state index contributed by atoms with van der Waals surface area (Å²) in [5, 5.41) is 12.3. The Bertz CT molecular complexity index is 807. The summed E-state index contributed by atoms with van der Waals surface area (Å²) in [6.07, 6.45) is 8.47. The van der Waals surface area contributed by atoms with Gasteiger partial charge < -0.3 is 14.9 Å². The molecule has 0 spiro atoms. The first kappa shape index (κ1) is 19.4. The van der Waals surface area contributed by atoms with Crippen LogP contribution in [0.2, 0.25) is 0 Å². The molecule has 1 unspecified atom stereocenters. The summed E-state index contributed by atoms with van der Waals surface area (Å²) in [6.45, 7) is 8.30. The number of benzene rings is 1. The highest BCUT2D eigenvalue weighted by Crippen LogP contribution is 2.50. The molecular formula is C24H33N3O. The molecule has 1 aromatic heterocycles. The summed E-state index contributed by atoms with van der Waals surface area (Å²) < 4.78 is 0. The summed E-state index contributed by atoms with van der Waals surface area (Å²) in [5.74, 6) is 0. The van der Waals surface area contributed by atoms with Crippen molar-refractivity contribution in [1.29, 1.82) is 0 Å². The van der Waals surface area contributed by atoms with E-state index in [0.29, 0.717) is 0 Å². The van der Waals surface area contributed by atoms with Gasteiger partial charge in [0.15, 0.2) is 0 Å². The lowest BCUT2D eigenvalue weighted by atomic mass is 9.62. The van der Waals surface area contributed by atoms with Crippen molar-refractivity contribution in [3.05, 3.63) is 59.4 Å². The minimum Gasteiger partial charge on any atom is -0.380 e. The summed E-state index contributed by atoms with van der Waals surface area (Å²) in [7, 11) is 2.12. The van der Waals surface area contributed by atoms with Gasteiger partial charge in [0.25, 0.3) is 0 Å². The van der Waals surface area contributed by atoms with Crippen molar-refractivity contribution in [1.82, 2.24) is 9.88 Å². The van der Waals surface area contributed by atoms with Gasteiger partial charge >= 0.3 is 0 Å². The molecule has 4 heteroatoms. The first-order chi connectivity index (χ1) is 13.5. The highest BCUT2D eigenvalue weighted by Gasteiger charge is 2.55. The topological polar surface area (TPSA) is 39.6 Å². The van der Waals surface area contributed by atoms with E-state index in [1.165, 1.54) is 18.4 Å². The summed E-state index contributed by atoms with van der Waals surface area (Å²) in [6, 6.07) is 10.8. The number of aliphatic hydroxyl groups is 1. The summed E-state index contributed by atoms with van der Waals surface area (Å²) >= 11 is 0. The molecule has 2 aromatic rings. The average Bonchev–Trinajstić information content (AvgIpc) is 3.22. The van der Waals surface area contributed by atoms with Crippen LogP contribution in [0.4, 0.5) is 5.69 Å². The minimum absolute atomic E-state index is 0.237. The predicted molar refractivity (Wildman–Crippen MR) is 115 cm³/mol. The zero-order valence-electron chi connectivity index (χ0n) is 17.5. The second-order valence-electron chi connectivity index (χ2n) is 9.02. The van der Waals surface area contributed by atoms with Gasteiger partial charge in [-0.3, -0.25) is 4.98 Å². The number of nitrogens with zero attached hydrogens (tertiary/aromatic N) is 3. The lowest BCUT2D eigenvalue weighted by molar-refractivity contribution is -0.127. The Hall–Kier alpha value is -1.91. The zero-order valence-corrected chi connectivity index (χ0v) is 17.5. The van der Waals surface area contributed by atoms with Gasteiger partial charge in [0.05, 0.1) is 11.9 Å². The molecule has 0 amide bonds. The van der Waals surface area contributed by atoms with Crippen LogP contribution in [0.3, 0.4) is 0 Å². The second-order valence-corrected chi connectivity index (χ2v) is 9.02. The van der Waals surface area contributed by atoms with E-state index in [1.54, 1.807) is 0 Å². The lowest BCUT2D eigenvalue weighted by Gasteiger charge is -2.56. The van der Waals surface area contributed by atoms with Crippen molar-refractivity contribution in [3.8, 4) is 0 Å². The van der Waals surface area contributed by atoms with Gasteiger partial charge in [0.2, 0.25) is 0 Å². The minimum atomic E-state index is -1.05. The maximum absolute atomic E-state index is 12.3. The van der Waals surface area contributed by atoms with E-state index in [9.17, 15) is 5.11 Å². The predicted octanol–water partition coefficient (Wildman–Crippen LogP) is 3.82. The molecule has 3 heterocycles. The van der Waals surface area contributed by atoms with Crippen LogP contribution in [0.5, 0.6) is 0 Å². The third-order valence-corrected chi connectivity index (χ3v) is 6.63. The van der Waals surface area contributed by atoms with Crippen molar-refractivity contribution in [2.45, 2.75) is 45.1 Å². The van der Waals surface area contributed by atoms with Crippen LogP contribution in [0.1, 0.15) is 49.8 Å². The molecule has 28 heavy (non-hydrogen) atoms. The highest BCUT2D eigenvalue weighted by atomic mass is 16.3. The Kier molecular flexibility index (Phi) is 5.19. The van der Waals surface area contributed by atoms with E-state index in [2.05, 4.69) is 66.0 Å². The van der Waals surface area contributed by atoms with Gasteiger partial charge in [-0.15, -0.1) is 0 Å². The third-order valence-electron chi connectivity index (χ3n) is 6.63. The van der Waals surface area contributed by atoms with Crippen molar-refractivity contribution in [2.75, 3.05) is 38.1 Å². The number of hydrogen-bond donors (Lipinski definition) is 1. The average molecular weight is 380 g/mol. The van der Waals surface area contributed by atoms with Crippen LogP contribution < -0.4 is 4.90 Å². The van der Waals surface area contributed by atoms with Gasteiger partial charge in [0.1, 0.15) is 5.60 Å². The highest BCUT2D eigenvalue weighted by molar-refractivity contribution is 5.51. The van der Waals surface area contributed by atoms with Crippen LogP contribution in [0, 0.1) is 5.41 Å². The Morgan fingerprint density at radius 2 is 1.75 bits per heavy atom. The van der Waals surface area contributed by atoms with Crippen molar-refractivity contribution in [3.63, 3.8) is 0 Å². The van der Waals surface area contributed by atoms with Crippen LogP contribution in [-0.4, -0.2) is 48.2 Å². The molecule has 4 rings (SSSR count). The smallest absolute Gasteiger partial charge is 0.124 e. The van der Waals surface area contributed by atoms with Gasteiger partial charge in [-0.1, -0.05) is 44.5 Å². The maximum atomic E-state index is 12.3. The Morgan fingerprint density at radius 1 is 1.07 bits per heavy atom. The molecule has 2 fully saturated rings. The Balaban J connectivity index is 1.76. The fourth-order valence-electron chi connectivity index (χ4n) is 5.21. The molecule has 1 aromatic carbocycles. The lowest BCUT2D eigenvalue weighted by Crippen LogP contribution is -2.63. The number of hydrogen-bond acceptors (Lipinski definition) is 4. The second kappa shape index (κ2) is 7.49. The van der Waals surface area contributed by atoms with Crippen LogP contribution in [0.15, 0.2) is 42.7 Å². The number of anilines is 1. The van der Waals surface area contributed by atoms with E-state index >= 15 is 0 Å². The summed E-state index contributed by atoms with van der Waals surface area (Å²) in [5.41, 5.74) is 3.06. The van der Waals surface area contributed by atoms with Crippen molar-refractivity contribution < 1.29 is 5.11 Å². The molecule has 1 N–H and O–H groups in total. The van der Waals surface area contributed by atoms with E-state index in [0.717, 1.165) is 55.8 Å². The standard InChI is InChI=1S/C24H33N3O/c1-4-7-19-8-10-20(11-9-19)24(28,23(2)17-26(3)18-23)21-14-22(16-25-15-21)27-12-5-6-13-27/h8-11,14-16,28H,4-7,12-13,17-18H2,1-3H3. The molecule has 2 saturated heterocycles. The SMILES string of the molecule is CCCc1ccc(C(O)(c2cncc(N3CCCC3)c2)C2(C)CN(C)C2)cc1. The number of aromatic nitrogens is 1. The number of likely N-dealkylation sites (tertiary alicyclic amines) is 1. The van der Waals surface area contributed by atoms with Gasteiger partial charge in [-0.2, -0.15) is 0 Å². The molecule has 0 saturated carbocycles. The van der Waals surface area contributed by atoms with Crippen molar-refractivity contribution in [2.24, 2.45) is 5.41 Å². The van der Waals surface area contributed by atoms with E-state index < -0.39 is 5.60 Å². The Morgan fingerprint density at radius 3 is 2.36 bits per heavy atom. The molecule has 2 aliphatic rings. The zero-order chi connectivity index (χ0) is 19.8. The number of aryl methyl sites for hydroxylation is 1. The maximum Gasteiger partial charge on any atom is 0.124 e. The molecule has 0 bridgehead atoms. The van der Waals surface area contributed by atoms with Crippen LogP contribution in [-0.2, 0) is 12.0 Å². The van der Waals surface area contributed by atoms with Crippen LogP contribution in [0.25, 0.3) is 0 Å². The van der Waals surface area contributed by atoms with Gasteiger partial charge in [-0.05, 0) is 43.5 Å². The molecular weight excluding hydrogens is 346 g/mol. The van der Waals surface area contributed by atoms with Gasteiger partial charge in [0, 0.05) is 43.4 Å². The number of pyridine rings is 1. The number of rotatable bonds is 6. The molecule has 1 atom stereocenters. The van der Waals surface area contributed by atoms with E-state index in [1.807, 2.05) is 12.4 Å². The summed E-state index contributed by atoms with van der Waals surface area (Å²) in [4.78, 5) is 9.20. The van der Waals surface area contributed by atoms with E-state index in [-0.39, 0.29) is 5.41 Å². The van der Waals surface area contributed by atoms with Gasteiger partial charge in [-0.25, -0.2) is 0 Å². The molecule has 0 aliphatic carbocycles. The third kappa shape index (κ3) is 3.23. The molecule has 0 radical (unpaired) electrons. The molecule has 2 aliphatic heterocycles. The normalized spacial score (nSPS) is 21.4. The quantitative estimate of drug-likeness (QED) is 0.828. The van der Waals surface area contributed by atoms with Crippen molar-refractivity contribution >= 4 is 5.69 Å².